The van der Waals surface area contributed by atoms with E-state index in [1.54, 1.807) is 24.5 Å². The lowest BCUT2D eigenvalue weighted by molar-refractivity contribution is 0.211. The molecule has 2 aliphatic rings. The summed E-state index contributed by atoms with van der Waals surface area (Å²) in [5.41, 5.74) is 2.70. The number of aliphatic hydroxyl groups excluding tert-OH is 1. The molecule has 0 aromatic carbocycles. The Balaban J connectivity index is 1.95. The van der Waals surface area contributed by atoms with Gasteiger partial charge in [0.1, 0.15) is 11.7 Å². The standard InChI is InChI=1S/C20H22FN5O2/c1-13(24-20(22-2)28-3)18-12-26(11-15-6-7-16(27)9-17(15)21)19(25-18)14-5-4-8-23-10-14/h4-8,10,16,27H,2,9,11-12H2,1,3H3/b18-13+,24-20?. The van der Waals surface area contributed by atoms with E-state index >= 15 is 0 Å². The lowest BCUT2D eigenvalue weighted by atomic mass is 10.0. The number of aliphatic hydroxyl groups is 1. The molecule has 1 atom stereocenters. The summed E-state index contributed by atoms with van der Waals surface area (Å²) in [6.45, 7) is 6.00. The van der Waals surface area contributed by atoms with Crippen LogP contribution in [0.1, 0.15) is 18.9 Å². The van der Waals surface area contributed by atoms with Crippen LogP contribution in [0.5, 0.6) is 0 Å². The number of rotatable bonds is 4. The van der Waals surface area contributed by atoms with E-state index < -0.39 is 6.10 Å². The Hall–Kier alpha value is -3.13. The largest absolute Gasteiger partial charge is 0.467 e. The minimum atomic E-state index is -0.778. The first-order valence-corrected chi connectivity index (χ1v) is 8.78. The summed E-state index contributed by atoms with van der Waals surface area (Å²) in [6.07, 6.45) is 5.84. The maximum absolute atomic E-state index is 14.3. The molecule has 146 valence electrons. The lowest BCUT2D eigenvalue weighted by Crippen LogP contribution is -2.31. The van der Waals surface area contributed by atoms with Gasteiger partial charge in [-0.2, -0.15) is 4.99 Å². The quantitative estimate of drug-likeness (QED) is 0.640. The molecule has 1 aliphatic carbocycles. The Labute approximate surface area is 163 Å². The second-order valence-electron chi connectivity index (χ2n) is 6.38. The summed E-state index contributed by atoms with van der Waals surface area (Å²) >= 11 is 0. The van der Waals surface area contributed by atoms with Gasteiger partial charge in [-0.3, -0.25) is 4.98 Å². The minimum Gasteiger partial charge on any atom is -0.467 e. The van der Waals surface area contributed by atoms with Gasteiger partial charge >= 0.3 is 6.02 Å². The highest BCUT2D eigenvalue weighted by molar-refractivity contribution is 6.01. The topological polar surface area (TPSA) is 82.7 Å². The SMILES string of the molecule is C=NC(=N/C(C)=C1\CN(CC2=C(F)CC(O)C=C2)C(c2cccnc2)=N1)OC. The number of nitrogens with zero attached hydrogens (tertiary/aromatic N) is 5. The van der Waals surface area contributed by atoms with Crippen LogP contribution < -0.4 is 0 Å². The number of hydrogen-bond donors (Lipinski definition) is 1. The molecule has 0 fully saturated rings. The van der Waals surface area contributed by atoms with Crippen LogP contribution in [0.15, 0.2) is 74.4 Å². The van der Waals surface area contributed by atoms with E-state index in [0.29, 0.717) is 30.2 Å². The van der Waals surface area contributed by atoms with Crippen molar-refractivity contribution in [2.24, 2.45) is 15.0 Å². The molecule has 0 spiro atoms. The first-order chi connectivity index (χ1) is 13.5. The molecule has 1 aromatic heterocycles. The van der Waals surface area contributed by atoms with Gasteiger partial charge in [0.2, 0.25) is 0 Å². The monoisotopic (exact) mass is 383 g/mol. The Bertz CT molecular complexity index is 902. The van der Waals surface area contributed by atoms with Crippen molar-refractivity contribution in [3.63, 3.8) is 0 Å². The third-order valence-corrected chi connectivity index (χ3v) is 4.42. The molecule has 0 saturated heterocycles. The molecule has 1 N–H and O–H groups in total. The number of amidine groups is 2. The molecule has 3 rings (SSSR count). The fraction of sp³-hybridized carbons (Fsp3) is 0.300. The summed E-state index contributed by atoms with van der Waals surface area (Å²) < 4.78 is 19.4. The van der Waals surface area contributed by atoms with Gasteiger partial charge in [-0.25, -0.2) is 14.4 Å². The van der Waals surface area contributed by atoms with E-state index in [-0.39, 0.29) is 18.3 Å². The van der Waals surface area contributed by atoms with Gasteiger partial charge < -0.3 is 14.7 Å². The first-order valence-electron chi connectivity index (χ1n) is 8.78. The average Bonchev–Trinajstić information content (AvgIpc) is 3.13. The number of methoxy groups -OCH3 is 1. The summed E-state index contributed by atoms with van der Waals surface area (Å²) in [5, 5.41) is 9.58. The third-order valence-electron chi connectivity index (χ3n) is 4.42. The van der Waals surface area contributed by atoms with Crippen LogP contribution in [0.3, 0.4) is 0 Å². The maximum atomic E-state index is 14.3. The number of pyridine rings is 1. The minimum absolute atomic E-state index is 0.00668. The van der Waals surface area contributed by atoms with Gasteiger partial charge in [0.25, 0.3) is 0 Å². The molecule has 7 nitrogen and oxygen atoms in total. The lowest BCUT2D eigenvalue weighted by Gasteiger charge is -2.23. The van der Waals surface area contributed by atoms with Crippen LogP contribution in [0, 0.1) is 0 Å². The molecular formula is C20H22FN5O2. The van der Waals surface area contributed by atoms with E-state index in [0.717, 1.165) is 11.3 Å². The van der Waals surface area contributed by atoms with Crippen molar-refractivity contribution < 1.29 is 14.2 Å². The Kier molecular flexibility index (Phi) is 6.10. The number of ether oxygens (including phenoxy) is 1. The van der Waals surface area contributed by atoms with E-state index in [4.69, 9.17) is 9.73 Å². The van der Waals surface area contributed by atoms with Crippen molar-refractivity contribution in [2.75, 3.05) is 20.2 Å². The zero-order valence-corrected chi connectivity index (χ0v) is 15.8. The van der Waals surface area contributed by atoms with Gasteiger partial charge in [-0.15, -0.1) is 0 Å². The smallest absolute Gasteiger partial charge is 0.315 e. The Morgan fingerprint density at radius 1 is 1.50 bits per heavy atom. The van der Waals surface area contributed by atoms with Crippen molar-refractivity contribution in [3.8, 4) is 0 Å². The zero-order chi connectivity index (χ0) is 20.1. The van der Waals surface area contributed by atoms with Crippen LogP contribution in [0.25, 0.3) is 0 Å². The van der Waals surface area contributed by atoms with Crippen molar-refractivity contribution in [2.45, 2.75) is 19.4 Å². The van der Waals surface area contributed by atoms with Crippen molar-refractivity contribution in [1.82, 2.24) is 9.88 Å². The van der Waals surface area contributed by atoms with Crippen LogP contribution in [0.2, 0.25) is 0 Å². The molecule has 0 saturated carbocycles. The molecule has 0 amide bonds. The second-order valence-corrected chi connectivity index (χ2v) is 6.38. The number of aliphatic imine (C=N–C) groups is 3. The third kappa shape index (κ3) is 4.40. The van der Waals surface area contributed by atoms with Crippen molar-refractivity contribution >= 4 is 18.6 Å². The van der Waals surface area contributed by atoms with Gasteiger partial charge in [-0.1, -0.05) is 12.2 Å². The number of aromatic nitrogens is 1. The maximum Gasteiger partial charge on any atom is 0.315 e. The van der Waals surface area contributed by atoms with Gasteiger partial charge in [0, 0.05) is 36.5 Å². The van der Waals surface area contributed by atoms with E-state index in [2.05, 4.69) is 21.7 Å². The molecular weight excluding hydrogens is 361 g/mol. The summed E-state index contributed by atoms with van der Waals surface area (Å²) in [7, 11) is 1.47. The van der Waals surface area contributed by atoms with Crippen molar-refractivity contribution in [3.05, 3.63) is 65.0 Å². The molecule has 1 aromatic rings. The molecule has 1 unspecified atom stereocenters. The molecule has 0 radical (unpaired) electrons. The molecule has 1 aliphatic heterocycles. The van der Waals surface area contributed by atoms with E-state index in [1.165, 1.54) is 7.11 Å². The van der Waals surface area contributed by atoms with Gasteiger partial charge in [-0.05, 0) is 25.8 Å². The molecule has 2 heterocycles. The fourth-order valence-electron chi connectivity index (χ4n) is 2.96. The number of halogens is 1. The van der Waals surface area contributed by atoms with Crippen LogP contribution in [-0.4, -0.2) is 59.9 Å². The Morgan fingerprint density at radius 3 is 2.96 bits per heavy atom. The number of allylic oxidation sites excluding steroid dienone is 1. The summed E-state index contributed by atoms with van der Waals surface area (Å²) in [4.78, 5) is 18.8. The zero-order valence-electron chi connectivity index (χ0n) is 15.8. The molecule has 0 bridgehead atoms. The van der Waals surface area contributed by atoms with E-state index in [1.807, 2.05) is 24.0 Å². The van der Waals surface area contributed by atoms with Crippen molar-refractivity contribution in [1.29, 1.82) is 0 Å². The Morgan fingerprint density at radius 2 is 2.32 bits per heavy atom. The van der Waals surface area contributed by atoms with Crippen LogP contribution in [0.4, 0.5) is 4.39 Å². The van der Waals surface area contributed by atoms with Gasteiger partial charge in [0.05, 0.1) is 31.2 Å². The highest BCUT2D eigenvalue weighted by atomic mass is 19.1. The second kappa shape index (κ2) is 8.71. The summed E-state index contributed by atoms with van der Waals surface area (Å²) in [5.74, 6) is 0.369. The average molecular weight is 383 g/mol. The number of hydrogen-bond acceptors (Lipinski definition) is 6. The fourth-order valence-corrected chi connectivity index (χ4v) is 2.96. The van der Waals surface area contributed by atoms with Gasteiger partial charge in [0.15, 0.2) is 0 Å². The van der Waals surface area contributed by atoms with Crippen LogP contribution >= 0.6 is 0 Å². The summed E-state index contributed by atoms with van der Waals surface area (Å²) in [6, 6.07) is 3.88. The molecule has 28 heavy (non-hydrogen) atoms. The normalized spacial score (nSPS) is 21.7. The highest BCUT2D eigenvalue weighted by Gasteiger charge is 2.26. The predicted octanol–water partition coefficient (Wildman–Crippen LogP) is 2.62. The molecule has 8 heteroatoms. The first kappa shape index (κ1) is 19.6. The highest BCUT2D eigenvalue weighted by Crippen LogP contribution is 2.26. The predicted molar refractivity (Wildman–Crippen MR) is 107 cm³/mol. The van der Waals surface area contributed by atoms with E-state index in [9.17, 15) is 9.50 Å². The van der Waals surface area contributed by atoms with Crippen LogP contribution in [-0.2, 0) is 4.74 Å².